The molecule has 1 aromatic carbocycles. The van der Waals surface area contributed by atoms with Crippen LogP contribution in [0.4, 0.5) is 0 Å². The van der Waals surface area contributed by atoms with Gasteiger partial charge >= 0.3 is 0 Å². The van der Waals surface area contributed by atoms with Gasteiger partial charge in [0.05, 0.1) is 6.42 Å². The van der Waals surface area contributed by atoms with Gasteiger partial charge in [0, 0.05) is 26.2 Å². The number of likely N-dealkylation sites (N-methyl/N-ethyl adjacent to an activating group) is 1. The second kappa shape index (κ2) is 5.96. The van der Waals surface area contributed by atoms with Gasteiger partial charge in [0.15, 0.2) is 0 Å². The third-order valence-electron chi connectivity index (χ3n) is 4.62. The van der Waals surface area contributed by atoms with E-state index in [2.05, 4.69) is 30.1 Å². The van der Waals surface area contributed by atoms with E-state index in [0.29, 0.717) is 6.42 Å². The number of benzene rings is 1. The molecule has 1 aliphatic heterocycles. The molecule has 3 nitrogen and oxygen atoms in total. The number of hydrogen-bond donors (Lipinski definition) is 0. The smallest absolute Gasteiger partial charge is 0.227 e. The highest BCUT2D eigenvalue weighted by molar-refractivity contribution is 5.79. The second-order valence-electron chi connectivity index (χ2n) is 6.17. The lowest BCUT2D eigenvalue weighted by atomic mass is 9.90. The summed E-state index contributed by atoms with van der Waals surface area (Å²) in [7, 11) is 2.12. The predicted molar refractivity (Wildman–Crippen MR) is 80.9 cm³/mol. The van der Waals surface area contributed by atoms with Gasteiger partial charge in [0.1, 0.15) is 0 Å². The number of carbonyl (C=O) groups is 1. The normalized spacial score (nSPS) is 19.8. The molecule has 0 bridgehead atoms. The van der Waals surface area contributed by atoms with E-state index in [1.165, 1.54) is 42.4 Å². The van der Waals surface area contributed by atoms with Crippen LogP contribution in [-0.2, 0) is 24.1 Å². The molecule has 3 heteroatoms. The molecule has 0 N–H and O–H groups in total. The maximum atomic E-state index is 12.3. The zero-order chi connectivity index (χ0) is 13.9. The topological polar surface area (TPSA) is 23.6 Å². The third-order valence-corrected chi connectivity index (χ3v) is 4.62. The number of fused-ring (bicyclic) bond motifs is 1. The number of aryl methyl sites for hydroxylation is 2. The first-order valence-electron chi connectivity index (χ1n) is 7.79. The van der Waals surface area contributed by atoms with E-state index in [1.807, 2.05) is 4.90 Å². The van der Waals surface area contributed by atoms with Crippen LogP contribution >= 0.6 is 0 Å². The average molecular weight is 272 g/mol. The zero-order valence-corrected chi connectivity index (χ0v) is 12.4. The highest BCUT2D eigenvalue weighted by Gasteiger charge is 2.19. The van der Waals surface area contributed by atoms with Crippen molar-refractivity contribution in [2.24, 2.45) is 0 Å². The number of carbonyl (C=O) groups excluding carboxylic acids is 1. The first-order chi connectivity index (χ1) is 9.72. The van der Waals surface area contributed by atoms with Crippen molar-refractivity contribution in [3.05, 3.63) is 34.9 Å². The minimum absolute atomic E-state index is 0.286. The van der Waals surface area contributed by atoms with Gasteiger partial charge in [-0.1, -0.05) is 18.2 Å². The molecule has 3 rings (SSSR count). The molecule has 1 aromatic rings. The number of piperazine rings is 1. The molecule has 1 aliphatic carbocycles. The van der Waals surface area contributed by atoms with E-state index in [0.717, 1.165) is 26.2 Å². The van der Waals surface area contributed by atoms with Crippen molar-refractivity contribution < 1.29 is 4.79 Å². The molecule has 0 unspecified atom stereocenters. The van der Waals surface area contributed by atoms with Gasteiger partial charge < -0.3 is 9.80 Å². The molecule has 0 aromatic heterocycles. The Morgan fingerprint density at radius 1 is 1.05 bits per heavy atom. The van der Waals surface area contributed by atoms with Crippen LogP contribution in [0.3, 0.4) is 0 Å². The molecular formula is C17H24N2O. The zero-order valence-electron chi connectivity index (χ0n) is 12.4. The van der Waals surface area contributed by atoms with Crippen molar-refractivity contribution in [3.63, 3.8) is 0 Å². The van der Waals surface area contributed by atoms with Crippen LogP contribution in [0.25, 0.3) is 0 Å². The summed E-state index contributed by atoms with van der Waals surface area (Å²) in [5, 5.41) is 0. The summed E-state index contributed by atoms with van der Waals surface area (Å²) in [5.41, 5.74) is 4.15. The van der Waals surface area contributed by atoms with Crippen molar-refractivity contribution in [2.75, 3.05) is 33.2 Å². The summed E-state index contributed by atoms with van der Waals surface area (Å²) in [6, 6.07) is 6.65. The molecule has 0 spiro atoms. The van der Waals surface area contributed by atoms with E-state index in [1.54, 1.807) is 0 Å². The van der Waals surface area contributed by atoms with Gasteiger partial charge in [-0.25, -0.2) is 0 Å². The Kier molecular flexibility index (Phi) is 4.06. The summed E-state index contributed by atoms with van der Waals surface area (Å²) in [5.74, 6) is 0.286. The molecule has 20 heavy (non-hydrogen) atoms. The minimum atomic E-state index is 0.286. The lowest BCUT2D eigenvalue weighted by molar-refractivity contribution is -0.132. The molecular weight excluding hydrogens is 248 g/mol. The fraction of sp³-hybridized carbons (Fsp3) is 0.588. The number of hydrogen-bond acceptors (Lipinski definition) is 2. The van der Waals surface area contributed by atoms with Crippen molar-refractivity contribution in [1.82, 2.24) is 9.80 Å². The Labute approximate surface area is 121 Å². The summed E-state index contributed by atoms with van der Waals surface area (Å²) < 4.78 is 0. The lowest BCUT2D eigenvalue weighted by Gasteiger charge is -2.32. The van der Waals surface area contributed by atoms with Gasteiger partial charge in [0.2, 0.25) is 5.91 Å². The standard InChI is InChI=1S/C17H24N2O/c1-18-8-10-19(11-9-18)17(20)13-14-6-7-15-4-2-3-5-16(15)12-14/h6-7,12H,2-5,8-11,13H2,1H3. The molecule has 0 atom stereocenters. The molecule has 1 amide bonds. The molecule has 0 saturated carbocycles. The Bertz CT molecular complexity index is 490. The summed E-state index contributed by atoms with van der Waals surface area (Å²) >= 11 is 0. The number of rotatable bonds is 2. The highest BCUT2D eigenvalue weighted by atomic mass is 16.2. The fourth-order valence-electron chi connectivity index (χ4n) is 3.24. The first-order valence-corrected chi connectivity index (χ1v) is 7.79. The second-order valence-corrected chi connectivity index (χ2v) is 6.17. The molecule has 2 aliphatic rings. The van der Waals surface area contributed by atoms with Crippen molar-refractivity contribution in [2.45, 2.75) is 32.1 Å². The average Bonchev–Trinajstić information content (AvgIpc) is 2.48. The van der Waals surface area contributed by atoms with E-state index in [-0.39, 0.29) is 5.91 Å². The van der Waals surface area contributed by atoms with Gasteiger partial charge in [0.25, 0.3) is 0 Å². The first kappa shape index (κ1) is 13.6. The predicted octanol–water partition coefficient (Wildman–Crippen LogP) is 1.88. The minimum Gasteiger partial charge on any atom is -0.340 e. The quantitative estimate of drug-likeness (QED) is 0.821. The van der Waals surface area contributed by atoms with Crippen LogP contribution < -0.4 is 0 Å². The van der Waals surface area contributed by atoms with E-state index >= 15 is 0 Å². The maximum Gasteiger partial charge on any atom is 0.227 e. The lowest BCUT2D eigenvalue weighted by Crippen LogP contribution is -2.47. The molecule has 1 saturated heterocycles. The van der Waals surface area contributed by atoms with Gasteiger partial charge in [-0.05, 0) is 49.4 Å². The summed E-state index contributed by atoms with van der Waals surface area (Å²) in [6.07, 6.45) is 5.57. The Morgan fingerprint density at radius 2 is 1.75 bits per heavy atom. The van der Waals surface area contributed by atoms with E-state index in [9.17, 15) is 4.79 Å². The summed E-state index contributed by atoms with van der Waals surface area (Å²) in [6.45, 7) is 3.74. The van der Waals surface area contributed by atoms with Crippen molar-refractivity contribution in [3.8, 4) is 0 Å². The van der Waals surface area contributed by atoms with Gasteiger partial charge in [-0.3, -0.25) is 4.79 Å². The Hall–Kier alpha value is -1.35. The van der Waals surface area contributed by atoms with Gasteiger partial charge in [-0.15, -0.1) is 0 Å². The number of nitrogens with zero attached hydrogens (tertiary/aromatic N) is 2. The maximum absolute atomic E-state index is 12.3. The van der Waals surface area contributed by atoms with Crippen LogP contribution in [0.5, 0.6) is 0 Å². The Morgan fingerprint density at radius 3 is 2.50 bits per heavy atom. The molecule has 0 radical (unpaired) electrons. The third kappa shape index (κ3) is 3.04. The monoisotopic (exact) mass is 272 g/mol. The fourth-order valence-corrected chi connectivity index (χ4v) is 3.24. The molecule has 108 valence electrons. The number of amides is 1. The van der Waals surface area contributed by atoms with E-state index < -0.39 is 0 Å². The van der Waals surface area contributed by atoms with Crippen molar-refractivity contribution >= 4 is 5.91 Å². The van der Waals surface area contributed by atoms with Crippen LogP contribution in [0, 0.1) is 0 Å². The Balaban J connectivity index is 1.64. The highest BCUT2D eigenvalue weighted by Crippen LogP contribution is 2.22. The largest absolute Gasteiger partial charge is 0.340 e. The van der Waals surface area contributed by atoms with Crippen LogP contribution in [0.15, 0.2) is 18.2 Å². The van der Waals surface area contributed by atoms with Gasteiger partial charge in [-0.2, -0.15) is 0 Å². The SMILES string of the molecule is CN1CCN(C(=O)Cc2ccc3c(c2)CCCC3)CC1. The van der Waals surface area contributed by atoms with Crippen molar-refractivity contribution in [1.29, 1.82) is 0 Å². The molecule has 1 fully saturated rings. The van der Waals surface area contributed by atoms with Crippen LogP contribution in [0.2, 0.25) is 0 Å². The van der Waals surface area contributed by atoms with E-state index in [4.69, 9.17) is 0 Å². The molecule has 1 heterocycles. The van der Waals surface area contributed by atoms with Crippen LogP contribution in [0.1, 0.15) is 29.5 Å². The van der Waals surface area contributed by atoms with Crippen LogP contribution in [-0.4, -0.2) is 48.9 Å². The summed E-state index contributed by atoms with van der Waals surface area (Å²) in [4.78, 5) is 16.6.